The van der Waals surface area contributed by atoms with Crippen LogP contribution in [0.4, 0.5) is 0 Å². The number of rotatable bonds is 7. The number of thiophene rings is 1. The van der Waals surface area contributed by atoms with Gasteiger partial charge in [0.15, 0.2) is 0 Å². The molecular formula is C14H17BClNO3S. The lowest BCUT2D eigenvalue weighted by atomic mass is 9.80. The highest BCUT2D eigenvalue weighted by Crippen LogP contribution is 2.22. The van der Waals surface area contributed by atoms with Gasteiger partial charge in [-0.05, 0) is 36.8 Å². The molecule has 0 spiro atoms. The highest BCUT2D eigenvalue weighted by atomic mass is 35.5. The zero-order valence-electron chi connectivity index (χ0n) is 11.7. The normalized spacial score (nSPS) is 10.9. The van der Waals surface area contributed by atoms with Crippen LogP contribution < -0.4 is 10.2 Å². The molecule has 2 N–H and O–H groups in total. The van der Waals surface area contributed by atoms with Crippen LogP contribution in [0.1, 0.15) is 4.88 Å². The Morgan fingerprint density at radius 1 is 1.19 bits per heavy atom. The molecule has 0 bridgehead atoms. The van der Waals surface area contributed by atoms with E-state index in [1.54, 1.807) is 35.6 Å². The summed E-state index contributed by atoms with van der Waals surface area (Å²) >= 11 is 7.49. The van der Waals surface area contributed by atoms with Crippen molar-refractivity contribution in [1.82, 2.24) is 4.90 Å². The molecule has 4 nitrogen and oxygen atoms in total. The van der Waals surface area contributed by atoms with Gasteiger partial charge < -0.3 is 14.8 Å². The van der Waals surface area contributed by atoms with Crippen LogP contribution in [0.25, 0.3) is 0 Å². The first-order valence-electron chi connectivity index (χ1n) is 6.56. The second-order valence-electron chi connectivity index (χ2n) is 4.73. The number of halogens is 1. The van der Waals surface area contributed by atoms with Crippen molar-refractivity contribution in [3.63, 3.8) is 0 Å². The van der Waals surface area contributed by atoms with Crippen LogP contribution >= 0.6 is 22.9 Å². The van der Waals surface area contributed by atoms with Gasteiger partial charge in [-0.25, -0.2) is 0 Å². The smallest absolute Gasteiger partial charge is 0.488 e. The van der Waals surface area contributed by atoms with E-state index in [1.807, 2.05) is 19.2 Å². The summed E-state index contributed by atoms with van der Waals surface area (Å²) < 4.78 is 6.43. The zero-order chi connectivity index (χ0) is 15.2. The van der Waals surface area contributed by atoms with Gasteiger partial charge in [-0.2, -0.15) is 0 Å². The quantitative estimate of drug-likeness (QED) is 0.759. The molecule has 0 saturated carbocycles. The Morgan fingerprint density at radius 3 is 2.48 bits per heavy atom. The van der Waals surface area contributed by atoms with Crippen LogP contribution in [0.5, 0.6) is 5.75 Å². The third kappa shape index (κ3) is 5.34. The lowest BCUT2D eigenvalue weighted by Crippen LogP contribution is -2.29. The minimum Gasteiger partial charge on any atom is -0.492 e. The summed E-state index contributed by atoms with van der Waals surface area (Å²) in [5.74, 6) is 0.715. The van der Waals surface area contributed by atoms with E-state index in [0.29, 0.717) is 17.8 Å². The summed E-state index contributed by atoms with van der Waals surface area (Å²) in [7, 11) is 0.588. The number of hydrogen-bond acceptors (Lipinski definition) is 5. The topological polar surface area (TPSA) is 52.9 Å². The SMILES string of the molecule is CN(CCOc1ccc(B(O)O)cc1)Cc1ccc(Cl)s1. The first-order valence-corrected chi connectivity index (χ1v) is 7.75. The van der Waals surface area contributed by atoms with Gasteiger partial charge in [-0.15, -0.1) is 11.3 Å². The monoisotopic (exact) mass is 325 g/mol. The average molecular weight is 326 g/mol. The van der Waals surface area contributed by atoms with E-state index in [1.165, 1.54) is 4.88 Å². The van der Waals surface area contributed by atoms with Crippen LogP contribution in [0.3, 0.4) is 0 Å². The fraction of sp³-hybridized carbons (Fsp3) is 0.286. The number of hydrogen-bond donors (Lipinski definition) is 2. The van der Waals surface area contributed by atoms with E-state index >= 15 is 0 Å². The molecule has 0 unspecified atom stereocenters. The van der Waals surface area contributed by atoms with Crippen LogP contribution in [0, 0.1) is 0 Å². The van der Waals surface area contributed by atoms with E-state index in [2.05, 4.69) is 4.90 Å². The number of ether oxygens (including phenoxy) is 1. The molecule has 0 aliphatic rings. The molecule has 0 radical (unpaired) electrons. The summed E-state index contributed by atoms with van der Waals surface area (Å²) in [6, 6.07) is 10.7. The average Bonchev–Trinajstić information content (AvgIpc) is 2.84. The molecule has 0 amide bonds. The summed E-state index contributed by atoms with van der Waals surface area (Å²) in [6.45, 7) is 2.20. The molecule has 0 aliphatic heterocycles. The summed E-state index contributed by atoms with van der Waals surface area (Å²) in [4.78, 5) is 3.39. The van der Waals surface area contributed by atoms with Crippen LogP contribution in [0.2, 0.25) is 4.34 Å². The van der Waals surface area contributed by atoms with Crippen molar-refractivity contribution in [2.75, 3.05) is 20.2 Å². The number of nitrogens with zero attached hydrogens (tertiary/aromatic N) is 1. The Labute approximate surface area is 133 Å². The highest BCUT2D eigenvalue weighted by molar-refractivity contribution is 7.16. The second kappa shape index (κ2) is 7.82. The molecule has 1 heterocycles. The first kappa shape index (κ1) is 16.3. The van der Waals surface area contributed by atoms with Crippen LogP contribution in [0.15, 0.2) is 36.4 Å². The van der Waals surface area contributed by atoms with E-state index in [9.17, 15) is 0 Å². The third-order valence-electron chi connectivity index (χ3n) is 2.97. The maximum atomic E-state index is 9.00. The Balaban J connectivity index is 1.73. The molecule has 0 saturated heterocycles. The Morgan fingerprint density at radius 2 is 1.90 bits per heavy atom. The van der Waals surface area contributed by atoms with E-state index in [0.717, 1.165) is 17.4 Å². The standard InChI is InChI=1S/C14H17BClNO3S/c1-17(10-13-6-7-14(16)21-13)8-9-20-12-4-2-11(3-5-12)15(18)19/h2-7,18-19H,8-10H2,1H3. The fourth-order valence-electron chi connectivity index (χ4n) is 1.84. The molecule has 2 aromatic rings. The largest absolute Gasteiger partial charge is 0.492 e. The van der Waals surface area contributed by atoms with Gasteiger partial charge in [0.1, 0.15) is 12.4 Å². The summed E-state index contributed by atoms with van der Waals surface area (Å²) in [5, 5.41) is 18.0. The molecule has 112 valence electrons. The van der Waals surface area contributed by atoms with Gasteiger partial charge in [0.25, 0.3) is 0 Å². The Hall–Kier alpha value is -1.05. The van der Waals surface area contributed by atoms with Crippen molar-refractivity contribution >= 4 is 35.5 Å². The van der Waals surface area contributed by atoms with Crippen molar-refractivity contribution < 1.29 is 14.8 Å². The maximum Gasteiger partial charge on any atom is 0.488 e. The van der Waals surface area contributed by atoms with Crippen molar-refractivity contribution in [2.24, 2.45) is 0 Å². The molecule has 0 fully saturated rings. The van der Waals surface area contributed by atoms with Gasteiger partial charge in [0.05, 0.1) is 4.34 Å². The predicted octanol–water partition coefficient (Wildman–Crippen LogP) is 1.59. The molecule has 0 atom stereocenters. The van der Waals surface area contributed by atoms with E-state index in [-0.39, 0.29) is 0 Å². The van der Waals surface area contributed by atoms with E-state index < -0.39 is 7.12 Å². The van der Waals surface area contributed by atoms with Crippen molar-refractivity contribution in [3.8, 4) is 5.75 Å². The van der Waals surface area contributed by atoms with Crippen molar-refractivity contribution in [3.05, 3.63) is 45.6 Å². The fourth-order valence-corrected chi connectivity index (χ4v) is 3.01. The predicted molar refractivity (Wildman–Crippen MR) is 87.4 cm³/mol. The lowest BCUT2D eigenvalue weighted by Gasteiger charge is -2.16. The van der Waals surface area contributed by atoms with E-state index in [4.69, 9.17) is 26.4 Å². The van der Waals surface area contributed by atoms with Gasteiger partial charge in [0.2, 0.25) is 0 Å². The Bertz CT molecular complexity index is 562. The molecule has 2 rings (SSSR count). The molecule has 21 heavy (non-hydrogen) atoms. The molecule has 1 aromatic heterocycles. The van der Waals surface area contributed by atoms with Gasteiger partial charge in [-0.3, -0.25) is 4.90 Å². The van der Waals surface area contributed by atoms with Gasteiger partial charge >= 0.3 is 7.12 Å². The minimum atomic E-state index is -1.44. The highest BCUT2D eigenvalue weighted by Gasteiger charge is 2.10. The van der Waals surface area contributed by atoms with Crippen LogP contribution in [-0.2, 0) is 6.54 Å². The molecular weight excluding hydrogens is 308 g/mol. The molecule has 1 aromatic carbocycles. The Kier molecular flexibility index (Phi) is 6.08. The second-order valence-corrected chi connectivity index (χ2v) is 6.53. The van der Waals surface area contributed by atoms with Crippen molar-refractivity contribution in [1.29, 1.82) is 0 Å². The minimum absolute atomic E-state index is 0.453. The lowest BCUT2D eigenvalue weighted by molar-refractivity contribution is 0.234. The third-order valence-corrected chi connectivity index (χ3v) is 4.19. The first-order chi connectivity index (χ1) is 10.0. The molecule has 0 aliphatic carbocycles. The maximum absolute atomic E-state index is 9.00. The zero-order valence-corrected chi connectivity index (χ0v) is 13.3. The summed E-state index contributed by atoms with van der Waals surface area (Å²) in [6.07, 6.45) is 0. The molecule has 7 heteroatoms. The van der Waals surface area contributed by atoms with Gasteiger partial charge in [0, 0.05) is 18.0 Å². The van der Waals surface area contributed by atoms with Gasteiger partial charge in [-0.1, -0.05) is 23.7 Å². The number of benzene rings is 1. The number of likely N-dealkylation sites (N-methyl/N-ethyl adjacent to an activating group) is 1. The van der Waals surface area contributed by atoms with Crippen molar-refractivity contribution in [2.45, 2.75) is 6.54 Å². The van der Waals surface area contributed by atoms with Crippen LogP contribution in [-0.4, -0.2) is 42.3 Å². The summed E-state index contributed by atoms with van der Waals surface area (Å²) in [5.41, 5.74) is 0.453.